The molecule has 0 bridgehead atoms. The van der Waals surface area contributed by atoms with E-state index in [2.05, 4.69) is 0 Å². The molecule has 0 N–H and O–H groups in total. The summed E-state index contributed by atoms with van der Waals surface area (Å²) in [6.07, 6.45) is 0. The molecule has 20 heavy (non-hydrogen) atoms. The van der Waals surface area contributed by atoms with Crippen LogP contribution in [0.25, 0.3) is 0 Å². The molecular formula is C12H4F8. The molecule has 108 valence electrons. The number of rotatable bonds is 0. The van der Waals surface area contributed by atoms with E-state index in [0.717, 1.165) is 0 Å². The van der Waals surface area contributed by atoms with Crippen LogP contribution in [0.5, 0.6) is 0 Å². The largest absolute Gasteiger partial charge is 0.207 e. The first kappa shape index (κ1) is 15.9. The molecule has 0 aromatic heterocycles. The fraction of sp³-hybridized carbons (Fsp3) is 0. The number of hydrogen-bond acceptors (Lipinski definition) is 0. The summed E-state index contributed by atoms with van der Waals surface area (Å²) in [6.45, 7) is 0. The lowest BCUT2D eigenvalue weighted by Gasteiger charge is -1.92. The second-order valence-electron chi connectivity index (χ2n) is 3.36. The predicted octanol–water partition coefficient (Wildman–Crippen LogP) is 4.49. The topological polar surface area (TPSA) is 0 Å². The summed E-state index contributed by atoms with van der Waals surface area (Å²) in [5, 5.41) is 0. The van der Waals surface area contributed by atoms with Crippen LogP contribution in [-0.2, 0) is 0 Å². The molecule has 0 saturated heterocycles. The monoisotopic (exact) mass is 300 g/mol. The SMILES string of the molecule is Fc1cc(F)c(F)c(F)c1.Fc1cc(F)c(F)cc1F. The zero-order chi connectivity index (χ0) is 15.4. The molecule has 2 rings (SSSR count). The molecule has 0 saturated carbocycles. The minimum Gasteiger partial charge on any atom is -0.207 e. The van der Waals surface area contributed by atoms with Crippen molar-refractivity contribution in [1.82, 2.24) is 0 Å². The lowest BCUT2D eigenvalue weighted by Crippen LogP contribution is -1.91. The van der Waals surface area contributed by atoms with E-state index in [9.17, 15) is 35.1 Å². The van der Waals surface area contributed by atoms with Crippen LogP contribution in [0.2, 0.25) is 0 Å². The van der Waals surface area contributed by atoms with Crippen LogP contribution in [-0.4, -0.2) is 0 Å². The molecule has 0 heterocycles. The summed E-state index contributed by atoms with van der Waals surface area (Å²) in [6, 6.07) is 0.867. The molecule has 0 spiro atoms. The van der Waals surface area contributed by atoms with Crippen LogP contribution in [0.4, 0.5) is 35.1 Å². The van der Waals surface area contributed by atoms with Gasteiger partial charge in [-0.15, -0.1) is 0 Å². The van der Waals surface area contributed by atoms with Crippen molar-refractivity contribution in [3.8, 4) is 0 Å². The summed E-state index contributed by atoms with van der Waals surface area (Å²) in [4.78, 5) is 0. The zero-order valence-corrected chi connectivity index (χ0v) is 9.33. The first-order chi connectivity index (χ1) is 9.22. The molecule has 0 aliphatic rings. The van der Waals surface area contributed by atoms with Crippen molar-refractivity contribution in [2.75, 3.05) is 0 Å². The minimum atomic E-state index is -1.65. The van der Waals surface area contributed by atoms with Crippen molar-refractivity contribution in [2.45, 2.75) is 0 Å². The summed E-state index contributed by atoms with van der Waals surface area (Å²) in [5.41, 5.74) is 0. The first-order valence-corrected chi connectivity index (χ1v) is 4.82. The Bertz CT molecular complexity index is 550. The summed E-state index contributed by atoms with van der Waals surface area (Å²) in [7, 11) is 0. The van der Waals surface area contributed by atoms with E-state index >= 15 is 0 Å². The highest BCUT2D eigenvalue weighted by molar-refractivity contribution is 5.10. The van der Waals surface area contributed by atoms with Gasteiger partial charge in [0.25, 0.3) is 0 Å². The Morgan fingerprint density at radius 1 is 0.400 bits per heavy atom. The minimum absolute atomic E-state index is 0.157. The maximum absolute atomic E-state index is 12.0. The van der Waals surface area contributed by atoms with E-state index in [-0.39, 0.29) is 24.3 Å². The smallest absolute Gasteiger partial charge is 0.194 e. The van der Waals surface area contributed by atoms with Gasteiger partial charge in [0, 0.05) is 24.3 Å². The average molecular weight is 300 g/mol. The van der Waals surface area contributed by atoms with Gasteiger partial charge in [-0.25, -0.2) is 35.1 Å². The van der Waals surface area contributed by atoms with Gasteiger partial charge < -0.3 is 0 Å². The molecule has 0 fully saturated rings. The Labute approximate surface area is 107 Å². The molecule has 0 radical (unpaired) electrons. The van der Waals surface area contributed by atoms with Crippen molar-refractivity contribution < 1.29 is 35.1 Å². The Balaban J connectivity index is 0.000000200. The van der Waals surface area contributed by atoms with Gasteiger partial charge >= 0.3 is 0 Å². The van der Waals surface area contributed by atoms with E-state index in [4.69, 9.17) is 0 Å². The maximum atomic E-state index is 12.0. The van der Waals surface area contributed by atoms with Crippen molar-refractivity contribution in [3.63, 3.8) is 0 Å². The van der Waals surface area contributed by atoms with Gasteiger partial charge in [0.1, 0.15) is 5.82 Å². The second-order valence-corrected chi connectivity index (χ2v) is 3.36. The molecule has 0 atom stereocenters. The lowest BCUT2D eigenvalue weighted by atomic mass is 10.3. The number of halogens is 8. The molecular weight excluding hydrogens is 296 g/mol. The Hall–Kier alpha value is -2.12. The van der Waals surface area contributed by atoms with Crippen LogP contribution in [0.1, 0.15) is 0 Å². The fourth-order valence-electron chi connectivity index (χ4n) is 1.02. The normalized spacial score (nSPS) is 10.0. The molecule has 0 aliphatic carbocycles. The number of benzene rings is 2. The van der Waals surface area contributed by atoms with E-state index in [1.807, 2.05) is 0 Å². The highest BCUT2D eigenvalue weighted by Crippen LogP contribution is 2.12. The Morgan fingerprint density at radius 2 is 0.700 bits per heavy atom. The van der Waals surface area contributed by atoms with E-state index in [1.54, 1.807) is 0 Å². The van der Waals surface area contributed by atoms with Gasteiger partial charge in [-0.2, -0.15) is 0 Å². The van der Waals surface area contributed by atoms with Crippen molar-refractivity contribution in [2.24, 2.45) is 0 Å². The predicted molar refractivity (Wildman–Crippen MR) is 52.5 cm³/mol. The summed E-state index contributed by atoms with van der Waals surface area (Å²) >= 11 is 0. The molecule has 2 aromatic rings. The molecule has 2 aromatic carbocycles. The van der Waals surface area contributed by atoms with Gasteiger partial charge in [-0.3, -0.25) is 0 Å². The molecule has 0 nitrogen and oxygen atoms in total. The standard InChI is InChI=1S/2C6H2F4/c7-3-1-4(8)6(10)2-5(3)9;7-3-1-4(8)6(10)5(9)2-3/h2*1-2H. The highest BCUT2D eigenvalue weighted by Gasteiger charge is 2.09. The highest BCUT2D eigenvalue weighted by atomic mass is 19.2. The van der Waals surface area contributed by atoms with Gasteiger partial charge in [0.15, 0.2) is 40.7 Å². The van der Waals surface area contributed by atoms with Crippen molar-refractivity contribution >= 4 is 0 Å². The van der Waals surface area contributed by atoms with Gasteiger partial charge in [0.2, 0.25) is 0 Å². The fourth-order valence-corrected chi connectivity index (χ4v) is 1.02. The van der Waals surface area contributed by atoms with Gasteiger partial charge in [-0.05, 0) is 0 Å². The molecule has 8 heteroatoms. The third-order valence-corrected chi connectivity index (χ3v) is 1.91. The summed E-state index contributed by atoms with van der Waals surface area (Å²) < 4.78 is 95.8. The molecule has 0 aliphatic heterocycles. The van der Waals surface area contributed by atoms with Crippen molar-refractivity contribution in [1.29, 1.82) is 0 Å². The first-order valence-electron chi connectivity index (χ1n) is 4.82. The molecule has 0 unspecified atom stereocenters. The van der Waals surface area contributed by atoms with Crippen molar-refractivity contribution in [3.05, 3.63) is 70.8 Å². The summed E-state index contributed by atoms with van der Waals surface area (Å²) in [5.74, 6) is -11.4. The van der Waals surface area contributed by atoms with Crippen LogP contribution in [0.3, 0.4) is 0 Å². The third-order valence-electron chi connectivity index (χ3n) is 1.91. The van der Waals surface area contributed by atoms with E-state index in [0.29, 0.717) is 0 Å². The van der Waals surface area contributed by atoms with Crippen LogP contribution < -0.4 is 0 Å². The zero-order valence-electron chi connectivity index (χ0n) is 9.33. The third kappa shape index (κ3) is 3.94. The van der Waals surface area contributed by atoms with Gasteiger partial charge in [-0.1, -0.05) is 0 Å². The quantitative estimate of drug-likeness (QED) is 0.382. The van der Waals surface area contributed by atoms with Gasteiger partial charge in [0.05, 0.1) is 0 Å². The van der Waals surface area contributed by atoms with Crippen LogP contribution in [0.15, 0.2) is 24.3 Å². The number of hydrogen-bond donors (Lipinski definition) is 0. The van der Waals surface area contributed by atoms with E-state index in [1.165, 1.54) is 0 Å². The maximum Gasteiger partial charge on any atom is 0.194 e. The Kier molecular flexibility index (Phi) is 5.06. The van der Waals surface area contributed by atoms with Crippen LogP contribution in [0, 0.1) is 46.5 Å². The lowest BCUT2D eigenvalue weighted by molar-refractivity contribution is 0.434. The Morgan fingerprint density at radius 3 is 1.00 bits per heavy atom. The van der Waals surface area contributed by atoms with E-state index < -0.39 is 46.5 Å². The second kappa shape index (κ2) is 6.36. The van der Waals surface area contributed by atoms with Crippen LogP contribution >= 0.6 is 0 Å². The average Bonchev–Trinajstić information content (AvgIpc) is 2.34. The molecule has 0 amide bonds.